The number of aldehydes is 1. The lowest BCUT2D eigenvalue weighted by Gasteiger charge is -1.97. The average Bonchev–Trinajstić information content (AvgIpc) is 1.68. The molecule has 0 heterocycles. The van der Waals surface area contributed by atoms with Crippen molar-refractivity contribution in [3.63, 3.8) is 0 Å². The molecule has 0 rings (SSSR count). The van der Waals surface area contributed by atoms with Gasteiger partial charge in [-0.25, -0.2) is 0 Å². The smallest absolute Gasteiger partial charge is 0.124 e. The molecular weight excluding hydrogens is 92.1 g/mol. The molecule has 0 bridgehead atoms. The third-order valence-electron chi connectivity index (χ3n) is 0.672. The molecular formula is C4H10N2O. The molecule has 1 unspecified atom stereocenters. The fourth-order valence-corrected chi connectivity index (χ4v) is 0.234. The Labute approximate surface area is 42.9 Å². The first-order chi connectivity index (χ1) is 3.31. The van der Waals surface area contributed by atoms with Crippen LogP contribution in [0.3, 0.4) is 0 Å². The lowest BCUT2D eigenvalue weighted by molar-refractivity contribution is -0.110. The Morgan fingerprint density at radius 2 is 2.57 bits per heavy atom. The van der Waals surface area contributed by atoms with Crippen LogP contribution in [0.4, 0.5) is 0 Å². The third-order valence-corrected chi connectivity index (χ3v) is 0.672. The van der Waals surface area contributed by atoms with Crippen molar-refractivity contribution in [3.05, 3.63) is 0 Å². The Balaban J connectivity index is 2.98. The van der Waals surface area contributed by atoms with Gasteiger partial charge in [-0.15, -0.1) is 0 Å². The molecule has 0 radical (unpaired) electrons. The lowest BCUT2D eigenvalue weighted by atomic mass is 10.2. The highest BCUT2D eigenvalue weighted by molar-refractivity contribution is 5.52. The van der Waals surface area contributed by atoms with E-state index in [4.69, 9.17) is 5.84 Å². The normalized spacial score (nSPS) is 13.4. The van der Waals surface area contributed by atoms with E-state index in [0.29, 0.717) is 6.54 Å². The molecule has 1 atom stereocenters. The number of hydrazine groups is 1. The fraction of sp³-hybridized carbons (Fsp3) is 0.750. The van der Waals surface area contributed by atoms with E-state index in [1.54, 1.807) is 6.92 Å². The fourth-order valence-electron chi connectivity index (χ4n) is 0.234. The van der Waals surface area contributed by atoms with Gasteiger partial charge in [0.05, 0.1) is 0 Å². The van der Waals surface area contributed by atoms with Crippen LogP contribution in [-0.2, 0) is 4.79 Å². The van der Waals surface area contributed by atoms with Gasteiger partial charge in [0, 0.05) is 12.5 Å². The molecule has 0 aliphatic rings. The summed E-state index contributed by atoms with van der Waals surface area (Å²) in [7, 11) is 0. The molecule has 0 aliphatic carbocycles. The van der Waals surface area contributed by atoms with Gasteiger partial charge in [0.2, 0.25) is 0 Å². The molecule has 3 heteroatoms. The molecule has 0 spiro atoms. The third kappa shape index (κ3) is 3.42. The van der Waals surface area contributed by atoms with Crippen molar-refractivity contribution in [1.29, 1.82) is 0 Å². The Morgan fingerprint density at radius 1 is 2.00 bits per heavy atom. The first-order valence-electron chi connectivity index (χ1n) is 2.20. The van der Waals surface area contributed by atoms with E-state index in [9.17, 15) is 4.79 Å². The minimum absolute atomic E-state index is 0.0324. The van der Waals surface area contributed by atoms with Gasteiger partial charge in [0.15, 0.2) is 0 Å². The zero-order valence-electron chi connectivity index (χ0n) is 4.35. The predicted molar refractivity (Wildman–Crippen MR) is 27.4 cm³/mol. The van der Waals surface area contributed by atoms with Gasteiger partial charge in [-0.3, -0.25) is 11.3 Å². The number of carbonyl (C=O) groups is 1. The second kappa shape index (κ2) is 3.77. The molecule has 0 aromatic heterocycles. The summed E-state index contributed by atoms with van der Waals surface area (Å²) in [6.07, 6.45) is 0.861. The minimum Gasteiger partial charge on any atom is -0.303 e. The number of hydrogen-bond donors (Lipinski definition) is 2. The maximum absolute atomic E-state index is 9.80. The summed E-state index contributed by atoms with van der Waals surface area (Å²) in [5, 5.41) is 0. The van der Waals surface area contributed by atoms with E-state index in [-0.39, 0.29) is 5.92 Å². The van der Waals surface area contributed by atoms with Crippen molar-refractivity contribution in [2.24, 2.45) is 11.8 Å². The van der Waals surface area contributed by atoms with Gasteiger partial charge >= 0.3 is 0 Å². The summed E-state index contributed by atoms with van der Waals surface area (Å²) in [6.45, 7) is 2.36. The molecule has 0 fully saturated rings. The SMILES string of the molecule is CC(C=O)CNN. The zero-order chi connectivity index (χ0) is 5.70. The summed E-state index contributed by atoms with van der Waals surface area (Å²) in [6, 6.07) is 0. The van der Waals surface area contributed by atoms with Gasteiger partial charge in [0.1, 0.15) is 6.29 Å². The van der Waals surface area contributed by atoms with Gasteiger partial charge in [-0.05, 0) is 0 Å². The maximum Gasteiger partial charge on any atom is 0.124 e. The number of rotatable bonds is 3. The van der Waals surface area contributed by atoms with Crippen LogP contribution in [0.1, 0.15) is 6.92 Å². The quantitative estimate of drug-likeness (QED) is 0.281. The van der Waals surface area contributed by atoms with E-state index < -0.39 is 0 Å². The Bertz CT molecular complexity index is 55.7. The molecule has 0 saturated carbocycles. The summed E-state index contributed by atoms with van der Waals surface area (Å²) in [4.78, 5) is 9.80. The summed E-state index contributed by atoms with van der Waals surface area (Å²) in [5.74, 6) is 4.93. The minimum atomic E-state index is 0.0324. The highest BCUT2D eigenvalue weighted by Crippen LogP contribution is 1.80. The molecule has 0 amide bonds. The second-order valence-corrected chi connectivity index (χ2v) is 1.52. The van der Waals surface area contributed by atoms with Crippen LogP contribution >= 0.6 is 0 Å². The van der Waals surface area contributed by atoms with Crippen LogP contribution in [0.5, 0.6) is 0 Å². The standard InChI is InChI=1S/C4H10N2O/c1-4(3-7)2-6-5/h3-4,6H,2,5H2,1H3. The lowest BCUT2D eigenvalue weighted by Crippen LogP contribution is -2.27. The van der Waals surface area contributed by atoms with E-state index in [2.05, 4.69) is 5.43 Å². The van der Waals surface area contributed by atoms with Gasteiger partial charge in [0.25, 0.3) is 0 Å². The number of carbonyl (C=O) groups excluding carboxylic acids is 1. The van der Waals surface area contributed by atoms with Crippen LogP contribution in [0.25, 0.3) is 0 Å². The number of nitrogens with one attached hydrogen (secondary N) is 1. The van der Waals surface area contributed by atoms with Gasteiger partial charge in [-0.1, -0.05) is 6.92 Å². The summed E-state index contributed by atoms with van der Waals surface area (Å²) in [5.41, 5.74) is 2.39. The van der Waals surface area contributed by atoms with Crippen molar-refractivity contribution in [1.82, 2.24) is 5.43 Å². The highest BCUT2D eigenvalue weighted by atomic mass is 16.1. The topological polar surface area (TPSA) is 55.1 Å². The highest BCUT2D eigenvalue weighted by Gasteiger charge is 1.92. The van der Waals surface area contributed by atoms with E-state index in [1.165, 1.54) is 0 Å². The molecule has 42 valence electrons. The summed E-state index contributed by atoms with van der Waals surface area (Å²) < 4.78 is 0. The van der Waals surface area contributed by atoms with Crippen LogP contribution < -0.4 is 11.3 Å². The van der Waals surface area contributed by atoms with Crippen LogP contribution in [0.15, 0.2) is 0 Å². The first kappa shape index (κ1) is 6.59. The molecule has 3 N–H and O–H groups in total. The largest absolute Gasteiger partial charge is 0.303 e. The second-order valence-electron chi connectivity index (χ2n) is 1.52. The molecule has 0 aromatic carbocycles. The molecule has 0 aliphatic heterocycles. The zero-order valence-corrected chi connectivity index (χ0v) is 4.35. The maximum atomic E-state index is 9.80. The van der Waals surface area contributed by atoms with Crippen LogP contribution in [0, 0.1) is 5.92 Å². The first-order valence-corrected chi connectivity index (χ1v) is 2.20. The molecule has 7 heavy (non-hydrogen) atoms. The van der Waals surface area contributed by atoms with Gasteiger partial charge < -0.3 is 4.79 Å². The Kier molecular flexibility index (Phi) is 3.55. The summed E-state index contributed by atoms with van der Waals surface area (Å²) >= 11 is 0. The molecule has 0 aromatic rings. The monoisotopic (exact) mass is 102 g/mol. The van der Waals surface area contributed by atoms with Crippen molar-refractivity contribution in [2.45, 2.75) is 6.92 Å². The van der Waals surface area contributed by atoms with Crippen molar-refractivity contribution in [3.8, 4) is 0 Å². The number of hydrogen-bond acceptors (Lipinski definition) is 3. The van der Waals surface area contributed by atoms with Crippen molar-refractivity contribution >= 4 is 6.29 Å². The van der Waals surface area contributed by atoms with E-state index >= 15 is 0 Å². The Hall–Kier alpha value is -0.410. The average molecular weight is 102 g/mol. The predicted octanol–water partition coefficient (Wildman–Crippen LogP) is -0.715. The number of nitrogens with two attached hydrogens (primary N) is 1. The Morgan fingerprint density at radius 3 is 2.71 bits per heavy atom. The molecule has 0 saturated heterocycles. The molecule has 3 nitrogen and oxygen atoms in total. The van der Waals surface area contributed by atoms with Crippen LogP contribution in [0.2, 0.25) is 0 Å². The van der Waals surface area contributed by atoms with Crippen molar-refractivity contribution in [2.75, 3.05) is 6.54 Å². The van der Waals surface area contributed by atoms with E-state index in [0.717, 1.165) is 6.29 Å². The van der Waals surface area contributed by atoms with Crippen LogP contribution in [-0.4, -0.2) is 12.8 Å². The van der Waals surface area contributed by atoms with Gasteiger partial charge in [-0.2, -0.15) is 0 Å². The van der Waals surface area contributed by atoms with Crippen molar-refractivity contribution < 1.29 is 4.79 Å². The van der Waals surface area contributed by atoms with E-state index in [1.807, 2.05) is 0 Å².